The van der Waals surface area contributed by atoms with Crippen LogP contribution in [0.15, 0.2) is 18.2 Å². The highest BCUT2D eigenvalue weighted by atomic mass is 79.9. The van der Waals surface area contributed by atoms with Crippen molar-refractivity contribution in [3.05, 3.63) is 34.8 Å². The van der Waals surface area contributed by atoms with E-state index in [2.05, 4.69) is 26.1 Å². The fourth-order valence-electron chi connectivity index (χ4n) is 1.31. The fraction of sp³-hybridized carbons (Fsp3) is 0.273. The minimum atomic E-state index is -0.489. The molecule has 6 heteroatoms. The summed E-state index contributed by atoms with van der Waals surface area (Å²) in [6, 6.07) is 3.31. The molecule has 0 amide bonds. The van der Waals surface area contributed by atoms with Gasteiger partial charge >= 0.3 is 0 Å². The largest absolute Gasteiger partial charge is 0.207 e. The van der Waals surface area contributed by atoms with Gasteiger partial charge in [0.2, 0.25) is 0 Å². The van der Waals surface area contributed by atoms with Crippen LogP contribution in [0.3, 0.4) is 0 Å². The molecule has 17 heavy (non-hydrogen) atoms. The van der Waals surface area contributed by atoms with E-state index in [1.165, 1.54) is 11.3 Å². The van der Waals surface area contributed by atoms with Crippen LogP contribution in [-0.4, -0.2) is 10.2 Å². The Bertz CT molecular complexity index is 530. The zero-order valence-corrected chi connectivity index (χ0v) is 11.4. The Kier molecular flexibility index (Phi) is 3.83. The molecular formula is C11H9BrF2N2S. The van der Waals surface area contributed by atoms with Gasteiger partial charge in [0.15, 0.2) is 5.01 Å². The molecule has 2 nitrogen and oxygen atoms in total. The average molecular weight is 319 g/mol. The lowest BCUT2D eigenvalue weighted by Gasteiger charge is -1.99. The lowest BCUT2D eigenvalue weighted by atomic mass is 10.2. The van der Waals surface area contributed by atoms with Gasteiger partial charge in [-0.1, -0.05) is 34.2 Å². The van der Waals surface area contributed by atoms with Crippen LogP contribution in [0.2, 0.25) is 0 Å². The standard InChI is InChI=1S/C11H9BrF2N2S/c1-2-8(12)11-16-15-10(17-11)7-5-6(13)3-4-9(7)14/h3-5,8H,2H2,1H3. The average Bonchev–Trinajstić information content (AvgIpc) is 2.80. The minimum Gasteiger partial charge on any atom is -0.207 e. The topological polar surface area (TPSA) is 25.8 Å². The second-order valence-electron chi connectivity index (χ2n) is 3.45. The number of hydrogen-bond donors (Lipinski definition) is 0. The summed E-state index contributed by atoms with van der Waals surface area (Å²) < 4.78 is 26.6. The minimum absolute atomic E-state index is 0.102. The maximum Gasteiger partial charge on any atom is 0.150 e. The first-order chi connectivity index (χ1) is 8.11. The third kappa shape index (κ3) is 2.69. The Hall–Kier alpha value is -0.880. The molecule has 1 heterocycles. The van der Waals surface area contributed by atoms with Crippen molar-refractivity contribution in [2.75, 3.05) is 0 Å². The van der Waals surface area contributed by atoms with Crippen molar-refractivity contribution in [2.45, 2.75) is 18.2 Å². The van der Waals surface area contributed by atoms with Crippen LogP contribution >= 0.6 is 27.3 Å². The summed E-state index contributed by atoms with van der Waals surface area (Å²) in [6.45, 7) is 2.00. The molecule has 0 spiro atoms. The quantitative estimate of drug-likeness (QED) is 0.787. The van der Waals surface area contributed by atoms with Crippen LogP contribution in [0.5, 0.6) is 0 Å². The normalized spacial score (nSPS) is 12.7. The smallest absolute Gasteiger partial charge is 0.150 e. The van der Waals surface area contributed by atoms with Gasteiger partial charge < -0.3 is 0 Å². The van der Waals surface area contributed by atoms with Crippen molar-refractivity contribution in [2.24, 2.45) is 0 Å². The van der Waals surface area contributed by atoms with Gasteiger partial charge in [-0.3, -0.25) is 0 Å². The second kappa shape index (κ2) is 5.18. The molecule has 2 aromatic rings. The van der Waals surface area contributed by atoms with E-state index < -0.39 is 11.6 Å². The van der Waals surface area contributed by atoms with E-state index in [1.54, 1.807) is 0 Å². The molecule has 0 aliphatic rings. The van der Waals surface area contributed by atoms with E-state index in [1.807, 2.05) is 6.92 Å². The van der Waals surface area contributed by atoms with Gasteiger partial charge in [-0.25, -0.2) is 8.78 Å². The number of alkyl halides is 1. The van der Waals surface area contributed by atoms with Gasteiger partial charge in [-0.2, -0.15) is 0 Å². The first-order valence-corrected chi connectivity index (χ1v) is 6.78. The Morgan fingerprint density at radius 3 is 2.82 bits per heavy atom. The molecule has 0 saturated carbocycles. The zero-order chi connectivity index (χ0) is 12.4. The highest BCUT2D eigenvalue weighted by Gasteiger charge is 2.15. The molecule has 1 aromatic carbocycles. The number of nitrogens with zero attached hydrogens (tertiary/aromatic N) is 2. The highest BCUT2D eigenvalue weighted by Crippen LogP contribution is 2.33. The van der Waals surface area contributed by atoms with E-state index in [0.29, 0.717) is 5.01 Å². The molecule has 0 fully saturated rings. The first-order valence-electron chi connectivity index (χ1n) is 5.04. The lowest BCUT2D eigenvalue weighted by molar-refractivity contribution is 0.603. The van der Waals surface area contributed by atoms with Crippen molar-refractivity contribution < 1.29 is 8.78 Å². The molecule has 1 aromatic heterocycles. The van der Waals surface area contributed by atoms with Crippen LogP contribution in [-0.2, 0) is 0 Å². The maximum absolute atomic E-state index is 13.5. The molecule has 0 radical (unpaired) electrons. The maximum atomic E-state index is 13.5. The van der Waals surface area contributed by atoms with Gasteiger partial charge in [0.25, 0.3) is 0 Å². The van der Waals surface area contributed by atoms with Gasteiger partial charge in [0, 0.05) is 0 Å². The first kappa shape index (κ1) is 12.6. The molecular weight excluding hydrogens is 310 g/mol. The molecule has 0 aliphatic heterocycles. The fourth-order valence-corrected chi connectivity index (χ4v) is 2.60. The van der Waals surface area contributed by atoms with E-state index in [9.17, 15) is 8.78 Å². The molecule has 0 saturated heterocycles. The Morgan fingerprint density at radius 2 is 2.12 bits per heavy atom. The summed E-state index contributed by atoms with van der Waals surface area (Å²) >= 11 is 4.71. The summed E-state index contributed by atoms with van der Waals surface area (Å²) in [5.41, 5.74) is 0.157. The van der Waals surface area contributed by atoms with Crippen LogP contribution < -0.4 is 0 Å². The Balaban J connectivity index is 2.40. The monoisotopic (exact) mass is 318 g/mol. The molecule has 1 atom stereocenters. The van der Waals surface area contributed by atoms with Crippen LogP contribution in [0.1, 0.15) is 23.2 Å². The SMILES string of the molecule is CCC(Br)c1nnc(-c2cc(F)ccc2F)s1. The summed E-state index contributed by atoms with van der Waals surface area (Å²) in [7, 11) is 0. The summed E-state index contributed by atoms with van der Waals surface area (Å²) in [4.78, 5) is 0.102. The van der Waals surface area contributed by atoms with Crippen molar-refractivity contribution in [3.8, 4) is 10.6 Å². The summed E-state index contributed by atoms with van der Waals surface area (Å²) in [5, 5.41) is 9.02. The van der Waals surface area contributed by atoms with E-state index in [-0.39, 0.29) is 10.4 Å². The highest BCUT2D eigenvalue weighted by molar-refractivity contribution is 9.09. The molecule has 0 aliphatic carbocycles. The number of aromatic nitrogens is 2. The Morgan fingerprint density at radius 1 is 1.35 bits per heavy atom. The van der Waals surface area contributed by atoms with E-state index in [4.69, 9.17) is 0 Å². The van der Waals surface area contributed by atoms with E-state index >= 15 is 0 Å². The zero-order valence-electron chi connectivity index (χ0n) is 8.95. The predicted octanol–water partition coefficient (Wildman–Crippen LogP) is 4.33. The molecule has 0 bridgehead atoms. The number of hydrogen-bond acceptors (Lipinski definition) is 3. The van der Waals surface area contributed by atoms with Gasteiger partial charge in [-0.05, 0) is 24.6 Å². The predicted molar refractivity (Wildman–Crippen MR) is 67.2 cm³/mol. The third-order valence-corrected chi connectivity index (χ3v) is 4.68. The molecule has 90 valence electrons. The van der Waals surface area contributed by atoms with Crippen molar-refractivity contribution in [1.29, 1.82) is 0 Å². The van der Waals surface area contributed by atoms with Crippen LogP contribution in [0.25, 0.3) is 10.6 Å². The summed E-state index contributed by atoms with van der Waals surface area (Å²) in [6.07, 6.45) is 0.861. The number of rotatable bonds is 3. The van der Waals surface area contributed by atoms with Crippen molar-refractivity contribution in [3.63, 3.8) is 0 Å². The molecule has 1 unspecified atom stereocenters. The van der Waals surface area contributed by atoms with Crippen molar-refractivity contribution in [1.82, 2.24) is 10.2 Å². The van der Waals surface area contributed by atoms with Gasteiger partial charge in [0.1, 0.15) is 16.6 Å². The van der Waals surface area contributed by atoms with Crippen LogP contribution in [0, 0.1) is 11.6 Å². The summed E-state index contributed by atoms with van der Waals surface area (Å²) in [5.74, 6) is -0.972. The van der Waals surface area contributed by atoms with Crippen LogP contribution in [0.4, 0.5) is 8.78 Å². The lowest BCUT2D eigenvalue weighted by Crippen LogP contribution is -1.86. The third-order valence-electron chi connectivity index (χ3n) is 2.23. The molecule has 0 N–H and O–H groups in total. The van der Waals surface area contributed by atoms with Crippen molar-refractivity contribution >= 4 is 27.3 Å². The second-order valence-corrected chi connectivity index (χ2v) is 5.56. The Labute approximate surface area is 110 Å². The number of halogens is 3. The molecule has 2 rings (SSSR count). The van der Waals surface area contributed by atoms with Gasteiger partial charge in [0.05, 0.1) is 10.4 Å². The number of benzene rings is 1. The van der Waals surface area contributed by atoms with Gasteiger partial charge in [-0.15, -0.1) is 10.2 Å². The van der Waals surface area contributed by atoms with E-state index in [0.717, 1.165) is 29.6 Å².